The molecule has 2 atom stereocenters. The van der Waals surface area contributed by atoms with Crippen LogP contribution >= 0.6 is 11.3 Å². The molecule has 1 fully saturated rings. The summed E-state index contributed by atoms with van der Waals surface area (Å²) < 4.78 is 57.7. The van der Waals surface area contributed by atoms with Crippen LogP contribution in [0.2, 0.25) is 0 Å². The molecule has 0 aromatic carbocycles. The quantitative estimate of drug-likeness (QED) is 0.583. The fourth-order valence-corrected chi connectivity index (χ4v) is 5.46. The van der Waals surface area contributed by atoms with Crippen LogP contribution < -0.4 is 15.5 Å². The van der Waals surface area contributed by atoms with Gasteiger partial charge in [0.25, 0.3) is 5.91 Å². The minimum absolute atomic E-state index is 0.0178. The molecule has 0 bridgehead atoms. The monoisotopic (exact) mass is 506 g/mol. The fraction of sp³-hybridized carbons (Fsp3) is 0.550. The van der Waals surface area contributed by atoms with Crippen molar-refractivity contribution in [1.29, 1.82) is 0 Å². The Labute approximate surface area is 196 Å². The van der Waals surface area contributed by atoms with Gasteiger partial charge in [-0.25, -0.2) is 9.78 Å². The highest BCUT2D eigenvalue weighted by molar-refractivity contribution is 7.90. The van der Waals surface area contributed by atoms with E-state index in [0.717, 1.165) is 17.4 Å². The number of anilines is 1. The number of rotatable bonds is 6. The van der Waals surface area contributed by atoms with E-state index < -0.39 is 41.0 Å². The molecular weight excluding hydrogens is 481 g/mol. The zero-order chi connectivity index (χ0) is 24.3. The second-order valence-electron chi connectivity index (χ2n) is 7.81. The van der Waals surface area contributed by atoms with Crippen LogP contribution in [-0.4, -0.2) is 65.8 Å². The van der Waals surface area contributed by atoms with Crippen molar-refractivity contribution in [2.24, 2.45) is 0 Å². The lowest BCUT2D eigenvalue weighted by Gasteiger charge is -2.33. The summed E-state index contributed by atoms with van der Waals surface area (Å²) in [4.78, 5) is 30.2. The number of hydrogen-bond acceptors (Lipinski definition) is 7. The topological polar surface area (TPSA) is 107 Å². The molecule has 2 amide bonds. The number of nitrogens with one attached hydrogen (secondary N) is 2. The minimum Gasteiger partial charge on any atom is -0.616 e. The third-order valence-electron chi connectivity index (χ3n) is 5.17. The van der Waals surface area contributed by atoms with Gasteiger partial charge < -0.3 is 24.8 Å². The van der Waals surface area contributed by atoms with Crippen LogP contribution in [0.3, 0.4) is 0 Å². The predicted molar refractivity (Wildman–Crippen MR) is 121 cm³/mol. The largest absolute Gasteiger partial charge is 0.616 e. The maximum Gasteiger partial charge on any atom is 0.417 e. The van der Waals surface area contributed by atoms with Crippen molar-refractivity contribution >= 4 is 50.5 Å². The van der Waals surface area contributed by atoms with E-state index in [9.17, 15) is 27.3 Å². The van der Waals surface area contributed by atoms with Gasteiger partial charge in [0.2, 0.25) is 0 Å². The van der Waals surface area contributed by atoms with E-state index in [-0.39, 0.29) is 27.6 Å². The number of ether oxygens (including phenoxy) is 1. The van der Waals surface area contributed by atoms with Gasteiger partial charge in [0, 0.05) is 38.4 Å². The maximum absolute atomic E-state index is 13.7. The Morgan fingerprint density at radius 2 is 2.06 bits per heavy atom. The van der Waals surface area contributed by atoms with Gasteiger partial charge in [-0.15, -0.1) is 11.3 Å². The van der Waals surface area contributed by atoms with E-state index >= 15 is 0 Å². The SMILES string of the molecule is CNC(=O)c1csc2c(C(F)(F)F)cc(N3CCC(OC(=O)N[C@@H](C)C[S+](C)[O-])CC3)nc12. The number of carbonyl (C=O) groups is 2. The molecule has 2 N–H and O–H groups in total. The smallest absolute Gasteiger partial charge is 0.417 e. The molecule has 1 aliphatic heterocycles. The van der Waals surface area contributed by atoms with Gasteiger partial charge in [-0.05, 0) is 13.0 Å². The van der Waals surface area contributed by atoms with Crippen LogP contribution in [0.4, 0.5) is 23.8 Å². The number of carbonyl (C=O) groups excluding carboxylic acids is 2. The lowest BCUT2D eigenvalue weighted by Crippen LogP contribution is -2.43. The van der Waals surface area contributed by atoms with Crippen LogP contribution in [0, 0.1) is 0 Å². The number of piperidine rings is 1. The second-order valence-corrected chi connectivity index (χ2v) is 10.2. The molecule has 1 aliphatic rings. The Morgan fingerprint density at radius 3 is 2.64 bits per heavy atom. The number of thiophene rings is 1. The van der Waals surface area contributed by atoms with Crippen molar-refractivity contribution in [2.75, 3.05) is 37.0 Å². The van der Waals surface area contributed by atoms with Gasteiger partial charge in [0.05, 0.1) is 33.6 Å². The van der Waals surface area contributed by atoms with E-state index in [1.807, 2.05) is 0 Å². The summed E-state index contributed by atoms with van der Waals surface area (Å²) >= 11 is -0.218. The Balaban J connectivity index is 1.73. The molecule has 2 aromatic heterocycles. The van der Waals surface area contributed by atoms with E-state index in [2.05, 4.69) is 15.6 Å². The van der Waals surface area contributed by atoms with Crippen LogP contribution in [0.15, 0.2) is 11.4 Å². The van der Waals surface area contributed by atoms with Gasteiger partial charge in [0.1, 0.15) is 17.7 Å². The van der Waals surface area contributed by atoms with E-state index in [4.69, 9.17) is 4.74 Å². The molecular formula is C20H25F3N4O4S2. The first-order valence-electron chi connectivity index (χ1n) is 10.2. The van der Waals surface area contributed by atoms with Crippen molar-refractivity contribution in [2.45, 2.75) is 38.1 Å². The number of amides is 2. The summed E-state index contributed by atoms with van der Waals surface area (Å²) in [6.07, 6.45) is -3.24. The molecule has 13 heteroatoms. The van der Waals surface area contributed by atoms with Gasteiger partial charge in [-0.3, -0.25) is 4.79 Å². The Morgan fingerprint density at radius 1 is 1.39 bits per heavy atom. The normalized spacial score (nSPS) is 17.0. The molecule has 0 saturated carbocycles. The summed E-state index contributed by atoms with van der Waals surface area (Å²) in [6, 6.07) is 0.702. The third-order valence-corrected chi connectivity index (χ3v) is 7.15. The average Bonchev–Trinajstić information content (AvgIpc) is 3.15. The zero-order valence-corrected chi connectivity index (χ0v) is 20.0. The molecule has 3 rings (SSSR count). The van der Waals surface area contributed by atoms with Crippen molar-refractivity contribution < 1.29 is 32.0 Å². The van der Waals surface area contributed by atoms with Crippen LogP contribution in [0.25, 0.3) is 10.2 Å². The molecule has 0 spiro atoms. The predicted octanol–water partition coefficient (Wildman–Crippen LogP) is 3.14. The Bertz CT molecular complexity index is 1010. The van der Waals surface area contributed by atoms with Crippen LogP contribution in [0.5, 0.6) is 0 Å². The summed E-state index contributed by atoms with van der Waals surface area (Å²) in [6.45, 7) is 2.40. The number of nitrogens with zero attached hydrogens (tertiary/aromatic N) is 2. The van der Waals surface area contributed by atoms with Crippen molar-refractivity contribution in [1.82, 2.24) is 15.6 Å². The van der Waals surface area contributed by atoms with Crippen LogP contribution in [-0.2, 0) is 22.1 Å². The van der Waals surface area contributed by atoms with Gasteiger partial charge in [-0.2, -0.15) is 13.2 Å². The number of pyridine rings is 1. The third kappa shape index (κ3) is 6.21. The van der Waals surface area contributed by atoms with Crippen molar-refractivity contribution in [3.63, 3.8) is 0 Å². The van der Waals surface area contributed by atoms with E-state index in [1.54, 1.807) is 18.1 Å². The van der Waals surface area contributed by atoms with Gasteiger partial charge in [0.15, 0.2) is 0 Å². The second kappa shape index (κ2) is 10.3. The molecule has 1 saturated heterocycles. The number of alkyl halides is 3. The lowest BCUT2D eigenvalue weighted by atomic mass is 10.1. The Kier molecular flexibility index (Phi) is 7.96. The maximum atomic E-state index is 13.7. The highest BCUT2D eigenvalue weighted by Crippen LogP contribution is 2.40. The molecule has 0 aliphatic carbocycles. The molecule has 2 aromatic rings. The molecule has 0 radical (unpaired) electrons. The van der Waals surface area contributed by atoms with Gasteiger partial charge in [-0.1, -0.05) is 11.2 Å². The molecule has 8 nitrogen and oxygen atoms in total. The molecule has 3 heterocycles. The lowest BCUT2D eigenvalue weighted by molar-refractivity contribution is -0.136. The first-order valence-corrected chi connectivity index (χ1v) is 12.8. The summed E-state index contributed by atoms with van der Waals surface area (Å²) in [5.74, 6) is -0.0669. The summed E-state index contributed by atoms with van der Waals surface area (Å²) in [5.41, 5.74) is -0.714. The minimum atomic E-state index is -4.60. The van der Waals surface area contributed by atoms with Gasteiger partial charge >= 0.3 is 12.3 Å². The first kappa shape index (κ1) is 25.4. The number of fused-ring (bicyclic) bond motifs is 1. The van der Waals surface area contributed by atoms with E-state index in [0.29, 0.717) is 31.7 Å². The van der Waals surface area contributed by atoms with Crippen molar-refractivity contribution in [3.8, 4) is 0 Å². The standard InChI is InChI=1S/C20H25F3N4O4S2/c1-11(10-33(3)30)25-19(29)31-12-4-6-27(7-5-12)15-8-14(20(21,22)23)17-16(26-15)13(9-32-17)18(28)24-2/h8-9,11-12H,4-7,10H2,1-3H3,(H,24,28)(H,25,29)/t11-,33?/m0/s1. The zero-order valence-electron chi connectivity index (χ0n) is 18.3. The molecule has 1 unspecified atom stereocenters. The highest BCUT2D eigenvalue weighted by Gasteiger charge is 2.36. The number of aromatic nitrogens is 1. The Hall–Kier alpha value is -2.25. The first-order chi connectivity index (χ1) is 15.5. The molecule has 33 heavy (non-hydrogen) atoms. The van der Waals surface area contributed by atoms with E-state index in [1.165, 1.54) is 12.4 Å². The summed E-state index contributed by atoms with van der Waals surface area (Å²) in [5, 5.41) is 6.43. The highest BCUT2D eigenvalue weighted by atomic mass is 32.2. The summed E-state index contributed by atoms with van der Waals surface area (Å²) in [7, 11) is 1.41. The molecule has 182 valence electrons. The average molecular weight is 507 g/mol. The van der Waals surface area contributed by atoms with Crippen LogP contribution in [0.1, 0.15) is 35.7 Å². The number of halogens is 3. The number of hydrogen-bond donors (Lipinski definition) is 2. The fourth-order valence-electron chi connectivity index (χ4n) is 3.65. The van der Waals surface area contributed by atoms with Crippen molar-refractivity contribution in [3.05, 3.63) is 22.6 Å². The number of alkyl carbamates (subject to hydrolysis) is 1.